The van der Waals surface area contributed by atoms with Crippen LogP contribution in [0.25, 0.3) is 10.9 Å². The summed E-state index contributed by atoms with van der Waals surface area (Å²) in [6, 6.07) is 24.9. The molecule has 2 aromatic heterocycles. The van der Waals surface area contributed by atoms with Crippen molar-refractivity contribution >= 4 is 16.6 Å². The number of hydrogen-bond donors (Lipinski definition) is 2. The molecule has 0 aliphatic rings. The fraction of sp³-hybridized carbons (Fsp3) is 0.130. The van der Waals surface area contributed by atoms with Crippen molar-refractivity contribution < 1.29 is 0 Å². The van der Waals surface area contributed by atoms with Crippen LogP contribution in [0.3, 0.4) is 0 Å². The average molecular weight is 354 g/mol. The predicted molar refractivity (Wildman–Crippen MR) is 110 cm³/mol. The molecule has 2 heterocycles. The maximum atomic E-state index is 4.49. The molecule has 0 fully saturated rings. The lowest BCUT2D eigenvalue weighted by molar-refractivity contribution is 0.679. The van der Waals surface area contributed by atoms with E-state index in [0.29, 0.717) is 0 Å². The highest BCUT2D eigenvalue weighted by molar-refractivity contribution is 5.90. The number of aromatic nitrogens is 2. The van der Waals surface area contributed by atoms with Gasteiger partial charge in [0, 0.05) is 37.4 Å². The van der Waals surface area contributed by atoms with E-state index in [1.165, 1.54) is 11.1 Å². The van der Waals surface area contributed by atoms with Crippen LogP contribution in [-0.2, 0) is 19.6 Å². The van der Waals surface area contributed by atoms with E-state index >= 15 is 0 Å². The molecule has 4 nitrogen and oxygen atoms in total. The molecule has 0 bridgehead atoms. The van der Waals surface area contributed by atoms with E-state index in [1.54, 1.807) is 0 Å². The molecule has 4 heteroatoms. The Morgan fingerprint density at radius 1 is 0.630 bits per heavy atom. The Balaban J connectivity index is 1.32. The van der Waals surface area contributed by atoms with Crippen molar-refractivity contribution in [3.05, 3.63) is 102 Å². The van der Waals surface area contributed by atoms with Gasteiger partial charge in [0.05, 0.1) is 16.9 Å². The van der Waals surface area contributed by atoms with Crippen LogP contribution in [0.15, 0.2) is 85.2 Å². The van der Waals surface area contributed by atoms with E-state index in [-0.39, 0.29) is 0 Å². The molecule has 0 unspecified atom stereocenters. The number of anilines is 1. The molecule has 27 heavy (non-hydrogen) atoms. The van der Waals surface area contributed by atoms with Crippen molar-refractivity contribution in [2.24, 2.45) is 0 Å². The van der Waals surface area contributed by atoms with Gasteiger partial charge in [-0.2, -0.15) is 0 Å². The molecule has 0 saturated heterocycles. The van der Waals surface area contributed by atoms with Crippen molar-refractivity contribution in [3.63, 3.8) is 0 Å². The molecular formula is C23H22N4. The quantitative estimate of drug-likeness (QED) is 0.512. The summed E-state index contributed by atoms with van der Waals surface area (Å²) in [5.74, 6) is 0. The Kier molecular flexibility index (Phi) is 5.36. The van der Waals surface area contributed by atoms with Crippen molar-refractivity contribution in [2.45, 2.75) is 19.6 Å². The summed E-state index contributed by atoms with van der Waals surface area (Å²) in [6.45, 7) is 2.38. The molecule has 0 spiro atoms. The van der Waals surface area contributed by atoms with E-state index < -0.39 is 0 Å². The molecule has 134 valence electrons. The van der Waals surface area contributed by atoms with Crippen LogP contribution in [0.5, 0.6) is 0 Å². The highest BCUT2D eigenvalue weighted by Gasteiger charge is 2.02. The monoisotopic (exact) mass is 354 g/mol. The molecule has 0 aliphatic carbocycles. The Bertz CT molecular complexity index is 992. The smallest absolute Gasteiger partial charge is 0.0933 e. The first-order valence-corrected chi connectivity index (χ1v) is 9.14. The zero-order valence-electron chi connectivity index (χ0n) is 15.1. The average Bonchev–Trinajstić information content (AvgIpc) is 2.74. The second-order valence-corrected chi connectivity index (χ2v) is 6.48. The van der Waals surface area contributed by atoms with Crippen LogP contribution in [0, 0.1) is 0 Å². The molecule has 0 amide bonds. The van der Waals surface area contributed by atoms with E-state index in [4.69, 9.17) is 0 Å². The second kappa shape index (κ2) is 8.43. The third-order valence-corrected chi connectivity index (χ3v) is 4.50. The number of benzene rings is 2. The van der Waals surface area contributed by atoms with Crippen molar-refractivity contribution in [3.8, 4) is 0 Å². The van der Waals surface area contributed by atoms with Crippen LogP contribution in [-0.4, -0.2) is 9.97 Å². The Morgan fingerprint density at radius 3 is 2.22 bits per heavy atom. The molecule has 0 aliphatic heterocycles. The zero-order chi connectivity index (χ0) is 18.3. The first-order chi connectivity index (χ1) is 13.4. The van der Waals surface area contributed by atoms with E-state index in [9.17, 15) is 0 Å². The minimum atomic E-state index is 0.775. The SMILES string of the molecule is c1ccc(CNCc2ccc(CNc3cccc4cccnc34)cc2)nc1. The van der Waals surface area contributed by atoms with Gasteiger partial charge in [0.2, 0.25) is 0 Å². The number of fused-ring (bicyclic) bond motifs is 1. The number of nitrogens with one attached hydrogen (secondary N) is 2. The molecule has 0 saturated carbocycles. The lowest BCUT2D eigenvalue weighted by Crippen LogP contribution is -2.13. The number of nitrogens with zero attached hydrogens (tertiary/aromatic N) is 2. The fourth-order valence-corrected chi connectivity index (χ4v) is 3.06. The number of pyridine rings is 2. The lowest BCUT2D eigenvalue weighted by Gasteiger charge is -2.10. The minimum Gasteiger partial charge on any atom is -0.379 e. The van der Waals surface area contributed by atoms with Crippen molar-refractivity contribution in [1.82, 2.24) is 15.3 Å². The molecule has 4 aromatic rings. The zero-order valence-corrected chi connectivity index (χ0v) is 15.1. The predicted octanol–water partition coefficient (Wildman–Crippen LogP) is 4.53. The van der Waals surface area contributed by atoms with Crippen molar-refractivity contribution in [2.75, 3.05) is 5.32 Å². The third kappa shape index (κ3) is 4.49. The standard InChI is InChI=1S/C23H22N4/c1-2-13-25-21(7-1)17-24-15-18-9-11-19(12-10-18)16-27-22-8-3-5-20-6-4-14-26-23(20)22/h1-14,24,27H,15-17H2. The second-order valence-electron chi connectivity index (χ2n) is 6.48. The summed E-state index contributed by atoms with van der Waals surface area (Å²) in [4.78, 5) is 8.81. The summed E-state index contributed by atoms with van der Waals surface area (Å²) < 4.78 is 0. The van der Waals surface area contributed by atoms with Crippen LogP contribution < -0.4 is 10.6 Å². The summed E-state index contributed by atoms with van der Waals surface area (Å²) in [5, 5.41) is 8.08. The van der Waals surface area contributed by atoms with Gasteiger partial charge in [-0.3, -0.25) is 9.97 Å². The molecule has 2 N–H and O–H groups in total. The summed E-state index contributed by atoms with van der Waals surface area (Å²) in [6.07, 6.45) is 3.66. The highest BCUT2D eigenvalue weighted by Crippen LogP contribution is 2.21. The highest BCUT2D eigenvalue weighted by atomic mass is 14.9. The van der Waals surface area contributed by atoms with Crippen LogP contribution in [0.2, 0.25) is 0 Å². The minimum absolute atomic E-state index is 0.775. The van der Waals surface area contributed by atoms with Gasteiger partial charge in [0.25, 0.3) is 0 Å². The van der Waals surface area contributed by atoms with Crippen LogP contribution in [0.1, 0.15) is 16.8 Å². The van der Waals surface area contributed by atoms with Gasteiger partial charge in [0.15, 0.2) is 0 Å². The van der Waals surface area contributed by atoms with E-state index in [1.807, 2.05) is 36.7 Å². The van der Waals surface area contributed by atoms with Gasteiger partial charge in [-0.1, -0.05) is 48.5 Å². The van der Waals surface area contributed by atoms with E-state index in [2.05, 4.69) is 69.1 Å². The Hall–Kier alpha value is -3.24. The maximum Gasteiger partial charge on any atom is 0.0933 e. The fourth-order valence-electron chi connectivity index (χ4n) is 3.06. The normalized spacial score (nSPS) is 10.8. The first kappa shape index (κ1) is 17.2. The molecule has 0 atom stereocenters. The maximum absolute atomic E-state index is 4.49. The number of hydrogen-bond acceptors (Lipinski definition) is 4. The molecule has 0 radical (unpaired) electrons. The van der Waals surface area contributed by atoms with Crippen molar-refractivity contribution in [1.29, 1.82) is 0 Å². The van der Waals surface area contributed by atoms with Gasteiger partial charge in [-0.25, -0.2) is 0 Å². The van der Waals surface area contributed by atoms with Crippen LogP contribution >= 0.6 is 0 Å². The first-order valence-electron chi connectivity index (χ1n) is 9.14. The number of para-hydroxylation sites is 1. The Labute approximate surface area is 159 Å². The molecule has 2 aromatic carbocycles. The summed E-state index contributed by atoms with van der Waals surface area (Å²) in [5.41, 5.74) is 5.64. The third-order valence-electron chi connectivity index (χ3n) is 4.50. The number of rotatable bonds is 7. The van der Waals surface area contributed by atoms with Gasteiger partial charge >= 0.3 is 0 Å². The van der Waals surface area contributed by atoms with Gasteiger partial charge in [-0.05, 0) is 35.4 Å². The van der Waals surface area contributed by atoms with Gasteiger partial charge in [-0.15, -0.1) is 0 Å². The molecular weight excluding hydrogens is 332 g/mol. The summed E-state index contributed by atoms with van der Waals surface area (Å²) >= 11 is 0. The van der Waals surface area contributed by atoms with Gasteiger partial charge < -0.3 is 10.6 Å². The molecule has 4 rings (SSSR count). The summed E-state index contributed by atoms with van der Waals surface area (Å²) in [7, 11) is 0. The lowest BCUT2D eigenvalue weighted by atomic mass is 10.1. The Morgan fingerprint density at radius 2 is 1.41 bits per heavy atom. The van der Waals surface area contributed by atoms with Crippen LogP contribution in [0.4, 0.5) is 5.69 Å². The van der Waals surface area contributed by atoms with E-state index in [0.717, 1.165) is 41.9 Å². The topological polar surface area (TPSA) is 49.8 Å². The largest absolute Gasteiger partial charge is 0.379 e. The van der Waals surface area contributed by atoms with Gasteiger partial charge in [0.1, 0.15) is 0 Å².